The molecule has 0 saturated carbocycles. The minimum atomic E-state index is -0.225. The normalized spacial score (nSPS) is 14.4. The van der Waals surface area contributed by atoms with Gasteiger partial charge in [0.2, 0.25) is 0 Å². The number of ether oxygens (including phenoxy) is 2. The van der Waals surface area contributed by atoms with E-state index in [0.717, 1.165) is 50.6 Å². The molecule has 1 amide bonds. The largest absolute Gasteiger partial charge is 0.494 e. The number of nitrogens with zero attached hydrogens (tertiary/aromatic N) is 2. The van der Waals surface area contributed by atoms with Crippen molar-refractivity contribution < 1.29 is 14.3 Å². The van der Waals surface area contributed by atoms with E-state index in [4.69, 9.17) is 21.1 Å². The summed E-state index contributed by atoms with van der Waals surface area (Å²) in [6, 6.07) is 12.9. The molecule has 30 heavy (non-hydrogen) atoms. The van der Waals surface area contributed by atoms with Crippen LogP contribution < -0.4 is 19.7 Å². The number of halogens is 1. The quantitative estimate of drug-likeness (QED) is 0.642. The molecule has 162 valence electrons. The van der Waals surface area contributed by atoms with Gasteiger partial charge < -0.3 is 24.6 Å². The number of hydrogen-bond donors (Lipinski definition) is 1. The van der Waals surface area contributed by atoms with Crippen molar-refractivity contribution in [2.75, 3.05) is 56.2 Å². The molecule has 1 fully saturated rings. The molecule has 0 radical (unpaired) electrons. The third-order valence-electron chi connectivity index (χ3n) is 5.06. The van der Waals surface area contributed by atoms with E-state index < -0.39 is 0 Å². The summed E-state index contributed by atoms with van der Waals surface area (Å²) in [6.45, 7) is 9.75. The molecule has 0 unspecified atom stereocenters. The lowest BCUT2D eigenvalue weighted by atomic mass is 10.2. The molecule has 0 aliphatic carbocycles. The lowest BCUT2D eigenvalue weighted by Crippen LogP contribution is -2.46. The molecule has 1 heterocycles. The van der Waals surface area contributed by atoms with Crippen molar-refractivity contribution in [2.45, 2.75) is 20.3 Å². The molecule has 6 nitrogen and oxygen atoms in total. The van der Waals surface area contributed by atoms with E-state index in [1.54, 1.807) is 18.2 Å². The second kappa shape index (κ2) is 11.1. The van der Waals surface area contributed by atoms with E-state index in [2.05, 4.69) is 29.0 Å². The van der Waals surface area contributed by atoms with E-state index in [0.29, 0.717) is 23.1 Å². The van der Waals surface area contributed by atoms with Crippen LogP contribution in [-0.4, -0.2) is 56.7 Å². The molecule has 1 N–H and O–H groups in total. The van der Waals surface area contributed by atoms with Crippen molar-refractivity contribution >= 4 is 28.9 Å². The van der Waals surface area contributed by atoms with Gasteiger partial charge in [-0.25, -0.2) is 0 Å². The first kappa shape index (κ1) is 22.2. The van der Waals surface area contributed by atoms with Crippen molar-refractivity contribution in [2.24, 2.45) is 0 Å². The summed E-state index contributed by atoms with van der Waals surface area (Å²) >= 11 is 6.19. The van der Waals surface area contributed by atoms with Gasteiger partial charge in [-0.1, -0.05) is 25.4 Å². The predicted octanol–water partition coefficient (Wildman–Crippen LogP) is 4.29. The Morgan fingerprint density at radius 3 is 2.30 bits per heavy atom. The number of carbonyl (C=O) groups excluding carboxylic acids is 1. The van der Waals surface area contributed by atoms with Crippen LogP contribution in [0.2, 0.25) is 5.02 Å². The standard InChI is InChI=1S/C23H30ClN3O3/c1-3-15-29-19-6-8-20(9-7-19)30-17-23(28)25-21-16-18(24)5-10-22(21)27-13-11-26(4-2)12-14-27/h5-10,16H,3-4,11-15,17H2,1-2H3,(H,25,28). The third kappa shape index (κ3) is 6.28. The molecule has 0 bridgehead atoms. The van der Waals surface area contributed by atoms with Gasteiger partial charge in [-0.15, -0.1) is 0 Å². The summed E-state index contributed by atoms with van der Waals surface area (Å²) in [5, 5.41) is 3.54. The first-order chi connectivity index (χ1) is 14.6. The number of likely N-dealkylation sites (N-methyl/N-ethyl adjacent to an activating group) is 1. The Morgan fingerprint density at radius 1 is 1.00 bits per heavy atom. The van der Waals surface area contributed by atoms with Crippen molar-refractivity contribution in [1.29, 1.82) is 0 Å². The van der Waals surface area contributed by atoms with Crippen LogP contribution in [0.25, 0.3) is 0 Å². The van der Waals surface area contributed by atoms with Crippen LogP contribution in [0.3, 0.4) is 0 Å². The maximum Gasteiger partial charge on any atom is 0.262 e. The summed E-state index contributed by atoms with van der Waals surface area (Å²) in [6.07, 6.45) is 0.957. The van der Waals surface area contributed by atoms with Crippen LogP contribution in [0.1, 0.15) is 20.3 Å². The van der Waals surface area contributed by atoms with Gasteiger partial charge in [0.15, 0.2) is 6.61 Å². The number of amides is 1. The molecule has 0 aromatic heterocycles. The topological polar surface area (TPSA) is 54.0 Å². The highest BCUT2D eigenvalue weighted by Gasteiger charge is 2.19. The van der Waals surface area contributed by atoms with E-state index in [-0.39, 0.29) is 12.5 Å². The molecule has 3 rings (SSSR count). The summed E-state index contributed by atoms with van der Waals surface area (Å²) in [7, 11) is 0. The van der Waals surface area contributed by atoms with Gasteiger partial charge in [0.05, 0.1) is 18.0 Å². The Balaban J connectivity index is 1.57. The van der Waals surface area contributed by atoms with Gasteiger partial charge in [-0.3, -0.25) is 4.79 Å². The SMILES string of the molecule is CCCOc1ccc(OCC(=O)Nc2cc(Cl)ccc2N2CCN(CC)CC2)cc1. The lowest BCUT2D eigenvalue weighted by molar-refractivity contribution is -0.118. The van der Waals surface area contributed by atoms with Crippen LogP contribution in [-0.2, 0) is 4.79 Å². The van der Waals surface area contributed by atoms with Crippen molar-refractivity contribution in [3.05, 3.63) is 47.5 Å². The van der Waals surface area contributed by atoms with Gasteiger partial charge in [-0.2, -0.15) is 0 Å². The summed E-state index contributed by atoms with van der Waals surface area (Å²) in [5.74, 6) is 1.19. The third-order valence-corrected chi connectivity index (χ3v) is 5.29. The maximum atomic E-state index is 12.5. The van der Waals surface area contributed by atoms with Crippen LogP contribution in [0.5, 0.6) is 11.5 Å². The minimum Gasteiger partial charge on any atom is -0.494 e. The molecule has 1 saturated heterocycles. The molecule has 1 aliphatic heterocycles. The fourth-order valence-electron chi connectivity index (χ4n) is 3.38. The summed E-state index contributed by atoms with van der Waals surface area (Å²) in [5.41, 5.74) is 1.70. The van der Waals surface area contributed by atoms with Crippen LogP contribution in [0, 0.1) is 0 Å². The van der Waals surface area contributed by atoms with Gasteiger partial charge in [0.25, 0.3) is 5.91 Å². The molecular weight excluding hydrogens is 402 g/mol. The number of anilines is 2. The molecule has 7 heteroatoms. The Kier molecular flexibility index (Phi) is 8.22. The van der Waals surface area contributed by atoms with Gasteiger partial charge in [0.1, 0.15) is 11.5 Å². The van der Waals surface area contributed by atoms with Crippen LogP contribution in [0.4, 0.5) is 11.4 Å². The fourth-order valence-corrected chi connectivity index (χ4v) is 3.55. The summed E-state index contributed by atoms with van der Waals surface area (Å²) < 4.78 is 11.2. The van der Waals surface area contributed by atoms with Gasteiger partial charge >= 0.3 is 0 Å². The highest BCUT2D eigenvalue weighted by Crippen LogP contribution is 2.30. The first-order valence-electron chi connectivity index (χ1n) is 10.5. The predicted molar refractivity (Wildman–Crippen MR) is 122 cm³/mol. The zero-order chi connectivity index (χ0) is 21.3. The van der Waals surface area contributed by atoms with E-state index in [9.17, 15) is 4.79 Å². The molecule has 1 aliphatic rings. The Labute approximate surface area is 183 Å². The monoisotopic (exact) mass is 431 g/mol. The van der Waals surface area contributed by atoms with Crippen LogP contribution >= 0.6 is 11.6 Å². The second-order valence-electron chi connectivity index (χ2n) is 7.24. The number of carbonyl (C=O) groups is 1. The molecule has 0 spiro atoms. The fraction of sp³-hybridized carbons (Fsp3) is 0.435. The van der Waals surface area contributed by atoms with E-state index in [1.807, 2.05) is 24.3 Å². The van der Waals surface area contributed by atoms with E-state index in [1.165, 1.54) is 0 Å². The number of benzene rings is 2. The smallest absolute Gasteiger partial charge is 0.262 e. The van der Waals surface area contributed by atoms with E-state index >= 15 is 0 Å². The number of nitrogens with one attached hydrogen (secondary N) is 1. The highest BCUT2D eigenvalue weighted by atomic mass is 35.5. The Bertz CT molecular complexity index is 821. The van der Waals surface area contributed by atoms with Crippen molar-refractivity contribution in [1.82, 2.24) is 4.90 Å². The molecule has 2 aromatic carbocycles. The number of rotatable bonds is 9. The van der Waals surface area contributed by atoms with Crippen molar-refractivity contribution in [3.8, 4) is 11.5 Å². The number of hydrogen-bond acceptors (Lipinski definition) is 5. The van der Waals surface area contributed by atoms with Gasteiger partial charge in [0, 0.05) is 31.2 Å². The first-order valence-corrected chi connectivity index (χ1v) is 10.9. The number of piperazine rings is 1. The molecule has 0 atom stereocenters. The Hall–Kier alpha value is -2.44. The second-order valence-corrected chi connectivity index (χ2v) is 7.68. The summed E-state index contributed by atoms with van der Waals surface area (Å²) in [4.78, 5) is 17.2. The Morgan fingerprint density at radius 2 is 1.67 bits per heavy atom. The maximum absolute atomic E-state index is 12.5. The highest BCUT2D eigenvalue weighted by molar-refractivity contribution is 6.31. The lowest BCUT2D eigenvalue weighted by Gasteiger charge is -2.36. The van der Waals surface area contributed by atoms with Gasteiger partial charge in [-0.05, 0) is 55.4 Å². The average molecular weight is 432 g/mol. The zero-order valence-electron chi connectivity index (χ0n) is 17.7. The van der Waals surface area contributed by atoms with Crippen LogP contribution in [0.15, 0.2) is 42.5 Å². The average Bonchev–Trinajstić information content (AvgIpc) is 2.77. The van der Waals surface area contributed by atoms with Crippen molar-refractivity contribution in [3.63, 3.8) is 0 Å². The molecule has 2 aromatic rings. The minimum absolute atomic E-state index is 0.0786. The molecular formula is C23H30ClN3O3. The zero-order valence-corrected chi connectivity index (χ0v) is 18.5.